The second kappa shape index (κ2) is 7.98. The number of nitrogens with zero attached hydrogens (tertiary/aromatic N) is 2. The fourth-order valence-corrected chi connectivity index (χ4v) is 3.09. The molecule has 0 aliphatic heterocycles. The van der Waals surface area contributed by atoms with Gasteiger partial charge in [-0.05, 0) is 41.0 Å². The Hall–Kier alpha value is -3.93. The van der Waals surface area contributed by atoms with E-state index in [1.807, 2.05) is 60.7 Å². The molecule has 29 heavy (non-hydrogen) atoms. The van der Waals surface area contributed by atoms with Gasteiger partial charge >= 0.3 is 0 Å². The number of hydrogen-bond donors (Lipinski definition) is 2. The topological polar surface area (TPSA) is 90.1 Å². The van der Waals surface area contributed by atoms with Crippen LogP contribution >= 0.6 is 0 Å². The van der Waals surface area contributed by atoms with Gasteiger partial charge in [0.15, 0.2) is 0 Å². The molecule has 0 saturated heterocycles. The predicted molar refractivity (Wildman–Crippen MR) is 114 cm³/mol. The lowest BCUT2D eigenvalue weighted by Crippen LogP contribution is -2.17. The van der Waals surface area contributed by atoms with Crippen LogP contribution in [0.4, 0.5) is 5.95 Å². The number of carbonyl (C=O) groups is 1. The van der Waals surface area contributed by atoms with Gasteiger partial charge in [0.25, 0.3) is 5.91 Å². The number of nitrogens with one attached hydrogen (secondary N) is 1. The molecule has 0 unspecified atom stereocenters. The van der Waals surface area contributed by atoms with E-state index in [1.54, 1.807) is 19.2 Å². The molecule has 4 rings (SSSR count). The fourth-order valence-electron chi connectivity index (χ4n) is 3.09. The summed E-state index contributed by atoms with van der Waals surface area (Å²) >= 11 is 0. The van der Waals surface area contributed by atoms with Crippen LogP contribution in [0.2, 0.25) is 0 Å². The molecule has 0 bridgehead atoms. The maximum Gasteiger partial charge on any atom is 0.251 e. The van der Waals surface area contributed by atoms with E-state index in [0.29, 0.717) is 23.6 Å². The SMILES string of the molecule is CNC(=O)c1ccc(-c2ccc3nc(N)nc(OCc4ccccc4)c3c2)cc1. The molecule has 0 radical (unpaired) electrons. The summed E-state index contributed by atoms with van der Waals surface area (Å²) in [6, 6.07) is 23.1. The zero-order chi connectivity index (χ0) is 20.2. The van der Waals surface area contributed by atoms with E-state index in [2.05, 4.69) is 15.3 Å². The van der Waals surface area contributed by atoms with Gasteiger partial charge in [-0.15, -0.1) is 0 Å². The van der Waals surface area contributed by atoms with Gasteiger partial charge in [-0.25, -0.2) is 4.98 Å². The van der Waals surface area contributed by atoms with Crippen LogP contribution < -0.4 is 15.8 Å². The molecule has 144 valence electrons. The summed E-state index contributed by atoms with van der Waals surface area (Å²) in [7, 11) is 1.61. The number of hydrogen-bond acceptors (Lipinski definition) is 5. The van der Waals surface area contributed by atoms with Gasteiger partial charge in [0.2, 0.25) is 11.8 Å². The van der Waals surface area contributed by atoms with Gasteiger partial charge in [-0.3, -0.25) is 4.79 Å². The second-order valence-corrected chi connectivity index (χ2v) is 6.55. The fraction of sp³-hybridized carbons (Fsp3) is 0.0870. The normalized spacial score (nSPS) is 10.7. The number of nitrogen functional groups attached to an aromatic ring is 1. The van der Waals surface area contributed by atoms with Crippen LogP contribution in [0.15, 0.2) is 72.8 Å². The Morgan fingerprint density at radius 1 is 0.966 bits per heavy atom. The Balaban J connectivity index is 1.68. The Morgan fingerprint density at radius 2 is 1.69 bits per heavy atom. The van der Waals surface area contributed by atoms with Crippen molar-refractivity contribution in [2.75, 3.05) is 12.8 Å². The Morgan fingerprint density at radius 3 is 2.41 bits per heavy atom. The maximum absolute atomic E-state index is 11.7. The van der Waals surface area contributed by atoms with Crippen molar-refractivity contribution < 1.29 is 9.53 Å². The molecule has 1 aromatic heterocycles. The van der Waals surface area contributed by atoms with Crippen molar-refractivity contribution in [2.45, 2.75) is 6.61 Å². The summed E-state index contributed by atoms with van der Waals surface area (Å²) < 4.78 is 5.96. The van der Waals surface area contributed by atoms with Gasteiger partial charge in [0.05, 0.1) is 10.9 Å². The summed E-state index contributed by atoms with van der Waals surface area (Å²) in [5.74, 6) is 0.499. The van der Waals surface area contributed by atoms with Crippen molar-refractivity contribution in [1.29, 1.82) is 0 Å². The third kappa shape index (κ3) is 4.01. The summed E-state index contributed by atoms with van der Waals surface area (Å²) in [4.78, 5) is 20.3. The number of aromatic nitrogens is 2. The minimum absolute atomic E-state index is 0.115. The van der Waals surface area contributed by atoms with Crippen LogP contribution in [0, 0.1) is 0 Å². The van der Waals surface area contributed by atoms with Crippen LogP contribution in [-0.4, -0.2) is 22.9 Å². The monoisotopic (exact) mass is 384 g/mol. The zero-order valence-electron chi connectivity index (χ0n) is 15.9. The van der Waals surface area contributed by atoms with Crippen LogP contribution in [-0.2, 0) is 6.61 Å². The molecule has 4 aromatic rings. The van der Waals surface area contributed by atoms with Gasteiger partial charge in [-0.1, -0.05) is 48.5 Å². The van der Waals surface area contributed by atoms with Gasteiger partial charge < -0.3 is 15.8 Å². The maximum atomic E-state index is 11.7. The quantitative estimate of drug-likeness (QED) is 0.546. The van der Waals surface area contributed by atoms with Crippen LogP contribution in [0.5, 0.6) is 5.88 Å². The lowest BCUT2D eigenvalue weighted by molar-refractivity contribution is 0.0963. The minimum Gasteiger partial charge on any atom is -0.472 e. The molecule has 0 aliphatic rings. The van der Waals surface area contributed by atoms with Crippen molar-refractivity contribution in [3.63, 3.8) is 0 Å². The summed E-state index contributed by atoms with van der Waals surface area (Å²) in [5, 5.41) is 3.40. The van der Waals surface area contributed by atoms with E-state index < -0.39 is 0 Å². The molecule has 0 atom stereocenters. The molecule has 0 spiro atoms. The number of benzene rings is 3. The van der Waals surface area contributed by atoms with Crippen molar-refractivity contribution in [2.24, 2.45) is 0 Å². The van der Waals surface area contributed by atoms with E-state index in [1.165, 1.54) is 0 Å². The van der Waals surface area contributed by atoms with Gasteiger partial charge in [0.1, 0.15) is 6.61 Å². The zero-order valence-corrected chi connectivity index (χ0v) is 15.9. The lowest BCUT2D eigenvalue weighted by Gasteiger charge is -2.11. The number of nitrogens with two attached hydrogens (primary N) is 1. The first kappa shape index (κ1) is 18.4. The van der Waals surface area contributed by atoms with Crippen LogP contribution in [0.25, 0.3) is 22.0 Å². The highest BCUT2D eigenvalue weighted by atomic mass is 16.5. The average molecular weight is 384 g/mol. The number of fused-ring (bicyclic) bond motifs is 1. The van der Waals surface area contributed by atoms with Gasteiger partial charge in [0, 0.05) is 12.6 Å². The number of amides is 1. The predicted octanol–water partition coefficient (Wildman–Crippen LogP) is 3.82. The number of carbonyl (C=O) groups excluding carboxylic acids is 1. The third-order valence-corrected chi connectivity index (χ3v) is 4.60. The Labute approximate surface area is 168 Å². The molecular formula is C23H20N4O2. The molecule has 0 fully saturated rings. The van der Waals surface area contributed by atoms with Crippen LogP contribution in [0.1, 0.15) is 15.9 Å². The average Bonchev–Trinajstić information content (AvgIpc) is 2.77. The smallest absolute Gasteiger partial charge is 0.251 e. The van der Waals surface area contributed by atoms with Crippen molar-refractivity contribution >= 4 is 22.8 Å². The van der Waals surface area contributed by atoms with E-state index >= 15 is 0 Å². The van der Waals surface area contributed by atoms with Crippen molar-refractivity contribution in [1.82, 2.24) is 15.3 Å². The molecule has 3 N–H and O–H groups in total. The number of ether oxygens (including phenoxy) is 1. The standard InChI is InChI=1S/C23H20N4O2/c1-25-21(28)17-9-7-16(8-10-17)18-11-12-20-19(13-18)22(27-23(24)26-20)29-14-15-5-3-2-4-6-15/h2-13H,14H2,1H3,(H,25,28)(H2,24,26,27). The highest BCUT2D eigenvalue weighted by molar-refractivity contribution is 5.95. The lowest BCUT2D eigenvalue weighted by atomic mass is 10.0. The van der Waals surface area contributed by atoms with Crippen LogP contribution in [0.3, 0.4) is 0 Å². The molecule has 3 aromatic carbocycles. The summed E-state index contributed by atoms with van der Waals surface area (Å²) in [5.41, 5.74) is 10.2. The van der Waals surface area contributed by atoms with Crippen molar-refractivity contribution in [3.05, 3.63) is 83.9 Å². The first-order valence-electron chi connectivity index (χ1n) is 9.20. The summed E-state index contributed by atoms with van der Waals surface area (Å²) in [6.07, 6.45) is 0. The molecule has 1 heterocycles. The Bertz CT molecular complexity index is 1160. The molecule has 6 nitrogen and oxygen atoms in total. The molecule has 0 saturated carbocycles. The molecule has 0 aliphatic carbocycles. The minimum atomic E-state index is -0.115. The first-order chi connectivity index (χ1) is 14.1. The number of anilines is 1. The largest absolute Gasteiger partial charge is 0.472 e. The highest BCUT2D eigenvalue weighted by Crippen LogP contribution is 2.29. The van der Waals surface area contributed by atoms with Crippen molar-refractivity contribution in [3.8, 4) is 17.0 Å². The second-order valence-electron chi connectivity index (χ2n) is 6.55. The highest BCUT2D eigenvalue weighted by Gasteiger charge is 2.11. The van der Waals surface area contributed by atoms with E-state index in [9.17, 15) is 4.79 Å². The third-order valence-electron chi connectivity index (χ3n) is 4.60. The molecule has 6 heteroatoms. The first-order valence-corrected chi connectivity index (χ1v) is 9.20. The van der Waals surface area contributed by atoms with E-state index in [-0.39, 0.29) is 11.9 Å². The Kier molecular flexibility index (Phi) is 5.07. The van der Waals surface area contributed by atoms with E-state index in [0.717, 1.165) is 22.1 Å². The molecular weight excluding hydrogens is 364 g/mol. The summed E-state index contributed by atoms with van der Waals surface area (Å²) in [6.45, 7) is 0.386. The van der Waals surface area contributed by atoms with Gasteiger partial charge in [-0.2, -0.15) is 4.98 Å². The van der Waals surface area contributed by atoms with E-state index in [4.69, 9.17) is 10.5 Å². The molecule has 1 amide bonds. The number of rotatable bonds is 5.